The van der Waals surface area contributed by atoms with Crippen LogP contribution in [0, 0.1) is 13.8 Å². The Hall–Kier alpha value is -1.48. The maximum atomic E-state index is 12.6. The van der Waals surface area contributed by atoms with Crippen LogP contribution in [0.25, 0.3) is 10.2 Å². The fraction of sp³-hybridized carbons (Fsp3) is 0.389. The van der Waals surface area contributed by atoms with Crippen LogP contribution in [-0.4, -0.2) is 36.9 Å². The second-order valence-electron chi connectivity index (χ2n) is 6.51. The summed E-state index contributed by atoms with van der Waals surface area (Å²) in [4.78, 5) is 4.64. The first kappa shape index (κ1) is 17.9. The minimum Gasteiger partial charge on any atom is -0.467 e. The van der Waals surface area contributed by atoms with Crippen LogP contribution in [0.4, 0.5) is 0 Å². The number of ether oxygens (including phenoxy) is 1. The summed E-state index contributed by atoms with van der Waals surface area (Å²) < 4.78 is 34.4. The summed E-state index contributed by atoms with van der Waals surface area (Å²) in [6.07, 6.45) is 1.36. The van der Waals surface area contributed by atoms with E-state index in [1.54, 1.807) is 33.2 Å². The third-order valence-corrected chi connectivity index (χ3v) is 9.03. The second kappa shape index (κ2) is 6.92. The smallest absolute Gasteiger partial charge is 0.274 e. The number of hydrogen-bond donors (Lipinski definition) is 0. The Morgan fingerprint density at radius 3 is 2.54 bits per heavy atom. The van der Waals surface area contributed by atoms with Gasteiger partial charge in [0, 0.05) is 13.1 Å². The molecule has 138 valence electrons. The summed E-state index contributed by atoms with van der Waals surface area (Å²) in [5.74, 6) is 0. The molecular formula is C18H20N2O3S3. The van der Waals surface area contributed by atoms with Crippen molar-refractivity contribution in [3.8, 4) is 5.19 Å². The van der Waals surface area contributed by atoms with Crippen molar-refractivity contribution in [2.24, 2.45) is 0 Å². The molecule has 26 heavy (non-hydrogen) atoms. The largest absolute Gasteiger partial charge is 0.467 e. The highest BCUT2D eigenvalue weighted by atomic mass is 32.2. The zero-order chi connectivity index (χ0) is 18.3. The molecule has 5 nitrogen and oxygen atoms in total. The highest BCUT2D eigenvalue weighted by Gasteiger charge is 2.31. The Balaban J connectivity index is 1.45. The molecule has 3 heterocycles. The number of benzene rings is 1. The molecule has 1 saturated heterocycles. The Kier molecular flexibility index (Phi) is 4.77. The quantitative estimate of drug-likeness (QED) is 0.649. The molecule has 0 saturated carbocycles. The number of aryl methyl sites for hydroxylation is 2. The van der Waals surface area contributed by atoms with E-state index in [0.717, 1.165) is 15.8 Å². The molecule has 1 aliphatic heterocycles. The molecule has 0 unspecified atom stereocenters. The lowest BCUT2D eigenvalue weighted by molar-refractivity contribution is 0.135. The number of nitrogens with zero attached hydrogens (tertiary/aromatic N) is 2. The molecule has 1 aromatic carbocycles. The van der Waals surface area contributed by atoms with E-state index in [0.29, 0.717) is 35.3 Å². The highest BCUT2D eigenvalue weighted by Crippen LogP contribution is 2.34. The zero-order valence-electron chi connectivity index (χ0n) is 14.6. The number of piperidine rings is 1. The predicted molar refractivity (Wildman–Crippen MR) is 106 cm³/mol. The Bertz CT molecular complexity index is 979. The summed E-state index contributed by atoms with van der Waals surface area (Å²) in [6, 6.07) is 7.61. The van der Waals surface area contributed by atoms with Gasteiger partial charge in [-0.25, -0.2) is 13.4 Å². The van der Waals surface area contributed by atoms with Crippen LogP contribution in [-0.2, 0) is 10.0 Å². The Morgan fingerprint density at radius 1 is 1.15 bits per heavy atom. The highest BCUT2D eigenvalue weighted by molar-refractivity contribution is 7.91. The van der Waals surface area contributed by atoms with Gasteiger partial charge >= 0.3 is 0 Å². The Labute approximate surface area is 161 Å². The van der Waals surface area contributed by atoms with Crippen molar-refractivity contribution in [2.75, 3.05) is 13.1 Å². The predicted octanol–water partition coefficient (Wildman–Crippen LogP) is 4.21. The van der Waals surface area contributed by atoms with Crippen LogP contribution < -0.4 is 4.74 Å². The van der Waals surface area contributed by atoms with E-state index in [1.807, 2.05) is 0 Å². The topological polar surface area (TPSA) is 59.5 Å². The first-order chi connectivity index (χ1) is 12.4. The average Bonchev–Trinajstić information content (AvgIpc) is 3.29. The lowest BCUT2D eigenvalue weighted by Gasteiger charge is -2.30. The van der Waals surface area contributed by atoms with Gasteiger partial charge < -0.3 is 4.74 Å². The average molecular weight is 409 g/mol. The normalized spacial score (nSPS) is 17.0. The van der Waals surface area contributed by atoms with E-state index in [9.17, 15) is 8.42 Å². The lowest BCUT2D eigenvalue weighted by atomic mass is 10.1. The number of thiazole rings is 1. The van der Waals surface area contributed by atoms with Crippen LogP contribution >= 0.6 is 22.7 Å². The van der Waals surface area contributed by atoms with Gasteiger partial charge in [-0.05, 0) is 49.3 Å². The maximum absolute atomic E-state index is 12.6. The molecule has 0 radical (unpaired) electrons. The summed E-state index contributed by atoms with van der Waals surface area (Å²) in [7, 11) is -3.36. The molecule has 0 bridgehead atoms. The number of sulfonamides is 1. The van der Waals surface area contributed by atoms with Crippen LogP contribution in [0.3, 0.4) is 0 Å². The zero-order valence-corrected chi connectivity index (χ0v) is 17.1. The van der Waals surface area contributed by atoms with Crippen LogP contribution in [0.2, 0.25) is 0 Å². The standard InChI is InChI=1S/C18H20N2O3S3/c1-12-5-6-13(2)17-16(12)19-18(25-17)23-14-7-9-20(10-8-14)26(21,22)15-4-3-11-24-15/h3-6,11,14H,7-10H2,1-2H3. The molecule has 0 atom stereocenters. The fourth-order valence-electron chi connectivity index (χ4n) is 3.16. The minimum absolute atomic E-state index is 0.00552. The van der Waals surface area contributed by atoms with E-state index in [1.165, 1.54) is 16.9 Å². The van der Waals surface area contributed by atoms with Crippen LogP contribution in [0.5, 0.6) is 5.19 Å². The van der Waals surface area contributed by atoms with Gasteiger partial charge in [-0.15, -0.1) is 11.3 Å². The van der Waals surface area contributed by atoms with Crippen molar-refractivity contribution in [1.82, 2.24) is 9.29 Å². The van der Waals surface area contributed by atoms with Crippen molar-refractivity contribution in [2.45, 2.75) is 37.0 Å². The monoisotopic (exact) mass is 408 g/mol. The number of fused-ring (bicyclic) bond motifs is 1. The summed E-state index contributed by atoms with van der Waals surface area (Å²) >= 11 is 2.84. The van der Waals surface area contributed by atoms with Crippen molar-refractivity contribution in [3.05, 3.63) is 40.8 Å². The molecule has 8 heteroatoms. The van der Waals surface area contributed by atoms with Gasteiger partial charge in [-0.2, -0.15) is 4.31 Å². The first-order valence-corrected chi connectivity index (χ1v) is 11.7. The van der Waals surface area contributed by atoms with E-state index in [4.69, 9.17) is 4.74 Å². The number of hydrogen-bond acceptors (Lipinski definition) is 6. The molecule has 0 N–H and O–H groups in total. The summed E-state index contributed by atoms with van der Waals surface area (Å²) in [5.41, 5.74) is 3.35. The van der Waals surface area contributed by atoms with E-state index in [2.05, 4.69) is 31.0 Å². The fourth-order valence-corrected chi connectivity index (χ4v) is 6.80. The Morgan fingerprint density at radius 2 is 1.88 bits per heavy atom. The van der Waals surface area contributed by atoms with Gasteiger partial charge in [0.1, 0.15) is 10.3 Å². The maximum Gasteiger partial charge on any atom is 0.274 e. The molecule has 0 amide bonds. The van der Waals surface area contributed by atoms with Crippen molar-refractivity contribution in [1.29, 1.82) is 0 Å². The molecule has 0 spiro atoms. The molecule has 4 rings (SSSR count). The molecule has 1 fully saturated rings. The van der Waals surface area contributed by atoms with Gasteiger partial charge in [-0.1, -0.05) is 29.5 Å². The van der Waals surface area contributed by atoms with Gasteiger partial charge in [0.2, 0.25) is 0 Å². The van der Waals surface area contributed by atoms with Crippen LogP contribution in [0.15, 0.2) is 33.9 Å². The van der Waals surface area contributed by atoms with Gasteiger partial charge in [0.05, 0.1) is 10.2 Å². The summed E-state index contributed by atoms with van der Waals surface area (Å²) in [6.45, 7) is 5.10. The van der Waals surface area contributed by atoms with E-state index in [-0.39, 0.29) is 6.10 Å². The SMILES string of the molecule is Cc1ccc(C)c2sc(OC3CCN(S(=O)(=O)c4cccs4)CC3)nc12. The second-order valence-corrected chi connectivity index (χ2v) is 10.6. The molecular weight excluding hydrogens is 388 g/mol. The van der Waals surface area contributed by atoms with Crippen molar-refractivity contribution in [3.63, 3.8) is 0 Å². The van der Waals surface area contributed by atoms with Gasteiger partial charge in [0.25, 0.3) is 15.2 Å². The first-order valence-electron chi connectivity index (χ1n) is 8.52. The number of thiophene rings is 1. The van der Waals surface area contributed by atoms with Crippen molar-refractivity contribution < 1.29 is 13.2 Å². The van der Waals surface area contributed by atoms with E-state index >= 15 is 0 Å². The molecule has 0 aliphatic carbocycles. The van der Waals surface area contributed by atoms with Gasteiger partial charge in [0.15, 0.2) is 0 Å². The summed E-state index contributed by atoms with van der Waals surface area (Å²) in [5, 5.41) is 2.47. The van der Waals surface area contributed by atoms with Gasteiger partial charge in [-0.3, -0.25) is 0 Å². The molecule has 2 aromatic heterocycles. The molecule has 3 aromatic rings. The van der Waals surface area contributed by atoms with Crippen molar-refractivity contribution >= 4 is 42.9 Å². The third kappa shape index (κ3) is 3.26. The third-order valence-electron chi connectivity index (χ3n) is 4.68. The minimum atomic E-state index is -3.36. The van der Waals surface area contributed by atoms with E-state index < -0.39 is 10.0 Å². The molecule has 1 aliphatic rings. The lowest BCUT2D eigenvalue weighted by Crippen LogP contribution is -2.41. The number of rotatable bonds is 4. The van der Waals surface area contributed by atoms with Crippen LogP contribution in [0.1, 0.15) is 24.0 Å². The number of aromatic nitrogens is 1.